The van der Waals surface area contributed by atoms with Crippen molar-refractivity contribution in [2.24, 2.45) is 5.73 Å². The predicted molar refractivity (Wildman–Crippen MR) is 54.9 cm³/mol. The van der Waals surface area contributed by atoms with Gasteiger partial charge in [-0.1, -0.05) is 13.0 Å². The first-order chi connectivity index (χ1) is 6.72. The summed E-state index contributed by atoms with van der Waals surface area (Å²) in [5.74, 6) is 0.693. The van der Waals surface area contributed by atoms with E-state index in [4.69, 9.17) is 15.7 Å². The summed E-state index contributed by atoms with van der Waals surface area (Å²) in [7, 11) is 1.59. The third-order valence-electron chi connectivity index (χ3n) is 2.20. The van der Waals surface area contributed by atoms with Crippen LogP contribution in [0.3, 0.4) is 0 Å². The molecule has 0 fully saturated rings. The van der Waals surface area contributed by atoms with Gasteiger partial charge in [0.2, 0.25) is 0 Å². The molecule has 0 aliphatic carbocycles. The summed E-state index contributed by atoms with van der Waals surface area (Å²) in [4.78, 5) is 0. The zero-order valence-corrected chi connectivity index (χ0v) is 8.45. The van der Waals surface area contributed by atoms with Gasteiger partial charge in [-0.25, -0.2) is 0 Å². The summed E-state index contributed by atoms with van der Waals surface area (Å²) in [6, 6.07) is 7.36. The third kappa shape index (κ3) is 2.04. The van der Waals surface area contributed by atoms with E-state index in [1.54, 1.807) is 19.2 Å². The minimum Gasteiger partial charge on any atom is -0.496 e. The molecule has 1 atom stereocenters. The first-order valence-electron chi connectivity index (χ1n) is 4.56. The molecule has 0 saturated carbocycles. The summed E-state index contributed by atoms with van der Waals surface area (Å²) in [5.41, 5.74) is 7.44. The van der Waals surface area contributed by atoms with Crippen LogP contribution >= 0.6 is 0 Å². The number of methoxy groups -OCH3 is 1. The Morgan fingerprint density at radius 2 is 2.29 bits per heavy atom. The molecular weight excluding hydrogens is 176 g/mol. The number of hydrogen-bond acceptors (Lipinski definition) is 3. The zero-order chi connectivity index (χ0) is 10.6. The number of nitriles is 1. The van der Waals surface area contributed by atoms with Gasteiger partial charge in [-0.3, -0.25) is 0 Å². The van der Waals surface area contributed by atoms with Crippen LogP contribution in [0, 0.1) is 11.3 Å². The fourth-order valence-electron chi connectivity index (χ4n) is 1.31. The highest BCUT2D eigenvalue weighted by Crippen LogP contribution is 2.26. The molecule has 0 saturated heterocycles. The van der Waals surface area contributed by atoms with Crippen LogP contribution in [-0.4, -0.2) is 7.11 Å². The number of benzene rings is 1. The normalized spacial score (nSPS) is 11.9. The molecule has 74 valence electrons. The number of nitrogens with zero attached hydrogens (tertiary/aromatic N) is 1. The average molecular weight is 190 g/mol. The highest BCUT2D eigenvalue weighted by Gasteiger charge is 2.10. The topological polar surface area (TPSA) is 59.0 Å². The van der Waals surface area contributed by atoms with Gasteiger partial charge in [0.25, 0.3) is 0 Å². The lowest BCUT2D eigenvalue weighted by atomic mass is 10.0. The van der Waals surface area contributed by atoms with Crippen molar-refractivity contribution < 1.29 is 4.74 Å². The van der Waals surface area contributed by atoms with Crippen LogP contribution in [0.15, 0.2) is 18.2 Å². The van der Waals surface area contributed by atoms with Crippen LogP contribution in [0.1, 0.15) is 30.5 Å². The molecule has 3 heteroatoms. The molecule has 0 radical (unpaired) electrons. The van der Waals surface area contributed by atoms with Gasteiger partial charge in [-0.2, -0.15) is 5.26 Å². The second kappa shape index (κ2) is 4.64. The molecule has 0 heterocycles. The Bertz CT molecular complexity index is 355. The molecule has 1 aromatic carbocycles. The van der Waals surface area contributed by atoms with Crippen molar-refractivity contribution in [2.75, 3.05) is 7.11 Å². The Labute approximate surface area is 84.1 Å². The average Bonchev–Trinajstić information content (AvgIpc) is 2.27. The van der Waals surface area contributed by atoms with E-state index in [-0.39, 0.29) is 6.04 Å². The quantitative estimate of drug-likeness (QED) is 0.792. The molecule has 0 spiro atoms. The van der Waals surface area contributed by atoms with Crippen molar-refractivity contribution in [1.29, 1.82) is 5.26 Å². The molecule has 0 bridgehead atoms. The lowest BCUT2D eigenvalue weighted by Gasteiger charge is -2.13. The van der Waals surface area contributed by atoms with Crippen LogP contribution < -0.4 is 10.5 Å². The number of ether oxygens (including phenoxy) is 1. The van der Waals surface area contributed by atoms with Gasteiger partial charge in [0.05, 0.1) is 18.7 Å². The number of rotatable bonds is 3. The molecule has 14 heavy (non-hydrogen) atoms. The fourth-order valence-corrected chi connectivity index (χ4v) is 1.31. The van der Waals surface area contributed by atoms with Gasteiger partial charge in [0.15, 0.2) is 0 Å². The highest BCUT2D eigenvalue weighted by atomic mass is 16.5. The van der Waals surface area contributed by atoms with Gasteiger partial charge in [0, 0.05) is 11.6 Å². The van der Waals surface area contributed by atoms with E-state index < -0.39 is 0 Å². The van der Waals surface area contributed by atoms with Crippen molar-refractivity contribution in [3.8, 4) is 11.8 Å². The smallest absolute Gasteiger partial charge is 0.124 e. The van der Waals surface area contributed by atoms with Crippen molar-refractivity contribution in [3.63, 3.8) is 0 Å². The van der Waals surface area contributed by atoms with E-state index in [1.165, 1.54) is 0 Å². The van der Waals surface area contributed by atoms with Crippen LogP contribution in [0.2, 0.25) is 0 Å². The van der Waals surface area contributed by atoms with Crippen LogP contribution in [0.25, 0.3) is 0 Å². The largest absolute Gasteiger partial charge is 0.496 e. The van der Waals surface area contributed by atoms with Crippen LogP contribution in [0.5, 0.6) is 5.75 Å². The van der Waals surface area contributed by atoms with E-state index in [0.717, 1.165) is 12.0 Å². The molecule has 0 unspecified atom stereocenters. The highest BCUT2D eigenvalue weighted by molar-refractivity contribution is 5.43. The van der Waals surface area contributed by atoms with Gasteiger partial charge in [0.1, 0.15) is 5.75 Å². The van der Waals surface area contributed by atoms with Crippen molar-refractivity contribution in [3.05, 3.63) is 29.3 Å². The molecule has 0 aromatic heterocycles. The Hall–Kier alpha value is -1.53. The number of hydrogen-bond donors (Lipinski definition) is 1. The standard InChI is InChI=1S/C11H14N2O/c1-3-10(13)9-5-4-8(7-12)6-11(9)14-2/h4-6,10H,3,13H2,1-2H3/t10-/m0/s1. The Kier molecular flexibility index (Phi) is 3.49. The summed E-state index contributed by atoms with van der Waals surface area (Å²) >= 11 is 0. The second-order valence-electron chi connectivity index (χ2n) is 3.08. The third-order valence-corrected chi connectivity index (χ3v) is 2.20. The predicted octanol–water partition coefficient (Wildman–Crippen LogP) is 1.98. The number of nitrogens with two attached hydrogens (primary N) is 1. The molecule has 3 nitrogen and oxygen atoms in total. The van der Waals surface area contributed by atoms with E-state index in [9.17, 15) is 0 Å². The molecule has 1 aromatic rings. The summed E-state index contributed by atoms with van der Waals surface area (Å²) in [6.45, 7) is 2.02. The molecule has 0 aliphatic heterocycles. The van der Waals surface area contributed by atoms with E-state index in [1.807, 2.05) is 13.0 Å². The first-order valence-corrected chi connectivity index (χ1v) is 4.56. The molecule has 1 rings (SSSR count). The van der Waals surface area contributed by atoms with E-state index >= 15 is 0 Å². The maximum atomic E-state index is 8.71. The molecule has 0 aliphatic rings. The minimum atomic E-state index is -0.0299. The van der Waals surface area contributed by atoms with Gasteiger partial charge in [-0.05, 0) is 18.6 Å². The summed E-state index contributed by atoms with van der Waals surface area (Å²) in [5, 5.41) is 8.71. The maximum absolute atomic E-state index is 8.71. The molecule has 2 N–H and O–H groups in total. The van der Waals surface area contributed by atoms with Gasteiger partial charge < -0.3 is 10.5 Å². The summed E-state index contributed by atoms with van der Waals surface area (Å²) < 4.78 is 5.18. The Balaban J connectivity index is 3.13. The molecule has 0 amide bonds. The maximum Gasteiger partial charge on any atom is 0.124 e. The van der Waals surface area contributed by atoms with Crippen molar-refractivity contribution in [1.82, 2.24) is 0 Å². The zero-order valence-electron chi connectivity index (χ0n) is 8.45. The van der Waals surface area contributed by atoms with Gasteiger partial charge >= 0.3 is 0 Å². The second-order valence-corrected chi connectivity index (χ2v) is 3.08. The van der Waals surface area contributed by atoms with Gasteiger partial charge in [-0.15, -0.1) is 0 Å². The van der Waals surface area contributed by atoms with Crippen molar-refractivity contribution >= 4 is 0 Å². The van der Waals surface area contributed by atoms with E-state index in [2.05, 4.69) is 6.07 Å². The van der Waals surface area contributed by atoms with Crippen molar-refractivity contribution in [2.45, 2.75) is 19.4 Å². The van der Waals surface area contributed by atoms with Crippen LogP contribution in [0.4, 0.5) is 0 Å². The monoisotopic (exact) mass is 190 g/mol. The Morgan fingerprint density at radius 1 is 1.57 bits per heavy atom. The Morgan fingerprint density at radius 3 is 2.79 bits per heavy atom. The minimum absolute atomic E-state index is 0.0299. The summed E-state index contributed by atoms with van der Waals surface area (Å²) in [6.07, 6.45) is 0.849. The molecular formula is C11H14N2O. The fraction of sp³-hybridized carbons (Fsp3) is 0.364. The lowest BCUT2D eigenvalue weighted by molar-refractivity contribution is 0.405. The van der Waals surface area contributed by atoms with Crippen LogP contribution in [-0.2, 0) is 0 Å². The lowest BCUT2D eigenvalue weighted by Crippen LogP contribution is -2.10. The van der Waals surface area contributed by atoms with E-state index in [0.29, 0.717) is 11.3 Å². The first kappa shape index (κ1) is 10.6. The SMILES string of the molecule is CC[C@H](N)c1ccc(C#N)cc1OC.